The summed E-state index contributed by atoms with van der Waals surface area (Å²) < 4.78 is 13.4. The molecule has 0 aromatic carbocycles. The molecule has 1 saturated carbocycles. The average Bonchev–Trinajstić information content (AvgIpc) is 2.83. The average molecular weight is 206 g/mol. The zero-order chi connectivity index (χ0) is 10.3. The number of halogens is 1. The van der Waals surface area contributed by atoms with Crippen LogP contribution in [-0.4, -0.2) is 22.5 Å². The zero-order valence-electron chi connectivity index (χ0n) is 8.69. The summed E-state index contributed by atoms with van der Waals surface area (Å²) in [6.07, 6.45) is 6.99. The van der Waals surface area contributed by atoms with Crippen LogP contribution in [0, 0.1) is 11.7 Å². The molecular weight excluding hydrogens is 191 g/mol. The second kappa shape index (κ2) is 3.56. The van der Waals surface area contributed by atoms with Crippen LogP contribution < -0.4 is 0 Å². The highest BCUT2D eigenvalue weighted by atomic mass is 19.1. The lowest BCUT2D eigenvalue weighted by Crippen LogP contribution is -2.31. The highest BCUT2D eigenvalue weighted by Crippen LogP contribution is 2.38. The molecule has 2 heterocycles. The van der Waals surface area contributed by atoms with Gasteiger partial charge in [0.25, 0.3) is 0 Å². The van der Waals surface area contributed by atoms with Crippen LogP contribution in [0.2, 0.25) is 0 Å². The van der Waals surface area contributed by atoms with Gasteiger partial charge in [-0.25, -0.2) is 4.39 Å². The molecule has 80 valence electrons. The maximum Gasteiger partial charge on any atom is 0.145 e. The molecule has 2 unspecified atom stereocenters. The highest BCUT2D eigenvalue weighted by molar-refractivity contribution is 5.13. The molecule has 0 amide bonds. The Balaban J connectivity index is 1.73. The fourth-order valence-electron chi connectivity index (χ4n) is 2.97. The van der Waals surface area contributed by atoms with E-state index in [4.69, 9.17) is 0 Å². The van der Waals surface area contributed by atoms with Crippen LogP contribution in [0.25, 0.3) is 0 Å². The number of hydrogen-bond acceptors (Lipinski definition) is 2. The van der Waals surface area contributed by atoms with Gasteiger partial charge in [-0.15, -0.1) is 0 Å². The summed E-state index contributed by atoms with van der Waals surface area (Å²) in [6, 6.07) is 2.50. The van der Waals surface area contributed by atoms with Crippen LogP contribution in [0.15, 0.2) is 18.5 Å². The summed E-state index contributed by atoms with van der Waals surface area (Å²) in [4.78, 5) is 6.20. The Labute approximate surface area is 89.1 Å². The van der Waals surface area contributed by atoms with Gasteiger partial charge in [-0.1, -0.05) is 0 Å². The second-order valence-electron chi connectivity index (χ2n) is 4.73. The number of rotatable bonds is 2. The molecule has 2 nitrogen and oxygen atoms in total. The molecule has 2 atom stereocenters. The van der Waals surface area contributed by atoms with Crippen molar-refractivity contribution in [3.63, 3.8) is 0 Å². The Morgan fingerprint density at radius 3 is 3.07 bits per heavy atom. The molecule has 3 rings (SSSR count). The van der Waals surface area contributed by atoms with Crippen molar-refractivity contribution in [2.75, 3.05) is 6.54 Å². The molecule has 2 fully saturated rings. The van der Waals surface area contributed by atoms with Crippen molar-refractivity contribution >= 4 is 0 Å². The third-order valence-corrected chi connectivity index (χ3v) is 3.75. The van der Waals surface area contributed by atoms with Crippen LogP contribution in [0.4, 0.5) is 4.39 Å². The summed E-state index contributed by atoms with van der Waals surface area (Å²) in [7, 11) is 0. The Kier molecular flexibility index (Phi) is 2.20. The van der Waals surface area contributed by atoms with Crippen LogP contribution in [0.1, 0.15) is 24.8 Å². The molecule has 1 aliphatic heterocycles. The largest absolute Gasteiger partial charge is 0.296 e. The van der Waals surface area contributed by atoms with E-state index in [-0.39, 0.29) is 5.82 Å². The quantitative estimate of drug-likeness (QED) is 0.737. The van der Waals surface area contributed by atoms with E-state index in [9.17, 15) is 4.39 Å². The fraction of sp³-hybridized carbons (Fsp3) is 0.583. The van der Waals surface area contributed by atoms with Crippen molar-refractivity contribution in [3.8, 4) is 0 Å². The lowest BCUT2D eigenvalue weighted by Gasteiger charge is -2.26. The zero-order valence-corrected chi connectivity index (χ0v) is 8.69. The molecule has 1 aromatic rings. The number of hydrogen-bond donors (Lipinski definition) is 0. The van der Waals surface area contributed by atoms with Crippen molar-refractivity contribution in [3.05, 3.63) is 29.8 Å². The van der Waals surface area contributed by atoms with Crippen LogP contribution in [-0.2, 0) is 6.54 Å². The second-order valence-corrected chi connectivity index (χ2v) is 4.73. The monoisotopic (exact) mass is 206 g/mol. The van der Waals surface area contributed by atoms with Gasteiger partial charge in [0.15, 0.2) is 0 Å². The van der Waals surface area contributed by atoms with Crippen LogP contribution >= 0.6 is 0 Å². The van der Waals surface area contributed by atoms with E-state index in [1.165, 1.54) is 25.5 Å². The minimum atomic E-state index is -0.166. The number of likely N-dealkylation sites (tertiary alicyclic amines) is 1. The first kappa shape index (κ1) is 9.28. The van der Waals surface area contributed by atoms with E-state index < -0.39 is 0 Å². The molecule has 1 saturated heterocycles. The molecule has 0 radical (unpaired) electrons. The van der Waals surface area contributed by atoms with E-state index in [0.717, 1.165) is 24.6 Å². The van der Waals surface area contributed by atoms with Gasteiger partial charge in [-0.3, -0.25) is 9.88 Å². The first-order valence-electron chi connectivity index (χ1n) is 5.65. The van der Waals surface area contributed by atoms with E-state index in [1.807, 2.05) is 0 Å². The normalized spacial score (nSPS) is 29.9. The Morgan fingerprint density at radius 2 is 2.40 bits per heavy atom. The van der Waals surface area contributed by atoms with Gasteiger partial charge in [0.1, 0.15) is 5.82 Å². The van der Waals surface area contributed by atoms with Gasteiger partial charge in [-0.05, 0) is 31.2 Å². The Morgan fingerprint density at radius 1 is 1.47 bits per heavy atom. The third-order valence-electron chi connectivity index (χ3n) is 3.75. The first-order valence-corrected chi connectivity index (χ1v) is 5.65. The fourth-order valence-corrected chi connectivity index (χ4v) is 2.97. The summed E-state index contributed by atoms with van der Waals surface area (Å²) >= 11 is 0. The van der Waals surface area contributed by atoms with Gasteiger partial charge in [0.2, 0.25) is 0 Å². The Bertz CT molecular complexity index is 366. The summed E-state index contributed by atoms with van der Waals surface area (Å²) in [5, 5.41) is 0. The molecule has 1 aromatic heterocycles. The summed E-state index contributed by atoms with van der Waals surface area (Å²) in [5.41, 5.74) is 0.789. The van der Waals surface area contributed by atoms with Crippen molar-refractivity contribution in [1.29, 1.82) is 0 Å². The first-order chi connectivity index (χ1) is 7.33. The van der Waals surface area contributed by atoms with Gasteiger partial charge in [-0.2, -0.15) is 0 Å². The molecule has 1 aliphatic carbocycles. The van der Waals surface area contributed by atoms with Crippen molar-refractivity contribution in [2.45, 2.75) is 31.8 Å². The molecule has 3 heteroatoms. The predicted molar refractivity (Wildman–Crippen MR) is 55.7 cm³/mol. The van der Waals surface area contributed by atoms with Gasteiger partial charge in [0, 0.05) is 30.9 Å². The topological polar surface area (TPSA) is 16.1 Å². The number of pyridine rings is 1. The highest BCUT2D eigenvalue weighted by Gasteiger charge is 2.37. The molecule has 0 N–H and O–H groups in total. The van der Waals surface area contributed by atoms with Gasteiger partial charge < -0.3 is 0 Å². The summed E-state index contributed by atoms with van der Waals surface area (Å²) in [6.45, 7) is 1.92. The van der Waals surface area contributed by atoms with E-state index in [1.54, 1.807) is 12.3 Å². The maximum atomic E-state index is 13.4. The van der Waals surface area contributed by atoms with Gasteiger partial charge >= 0.3 is 0 Å². The summed E-state index contributed by atoms with van der Waals surface area (Å²) in [5.74, 6) is 0.708. The van der Waals surface area contributed by atoms with Crippen molar-refractivity contribution in [2.24, 2.45) is 5.92 Å². The molecule has 2 bridgehead atoms. The van der Waals surface area contributed by atoms with Crippen molar-refractivity contribution < 1.29 is 4.39 Å². The minimum absolute atomic E-state index is 0.166. The van der Waals surface area contributed by atoms with E-state index in [2.05, 4.69) is 9.88 Å². The minimum Gasteiger partial charge on any atom is -0.296 e. The van der Waals surface area contributed by atoms with Gasteiger partial charge in [0.05, 0.1) is 6.20 Å². The van der Waals surface area contributed by atoms with Crippen LogP contribution in [0.5, 0.6) is 0 Å². The van der Waals surface area contributed by atoms with E-state index in [0.29, 0.717) is 6.04 Å². The van der Waals surface area contributed by atoms with Crippen LogP contribution in [0.3, 0.4) is 0 Å². The number of aromatic nitrogens is 1. The smallest absolute Gasteiger partial charge is 0.145 e. The molecule has 15 heavy (non-hydrogen) atoms. The maximum absolute atomic E-state index is 13.4. The van der Waals surface area contributed by atoms with E-state index >= 15 is 0 Å². The Hall–Kier alpha value is -0.960. The lowest BCUT2D eigenvalue weighted by molar-refractivity contribution is 0.203. The van der Waals surface area contributed by atoms with Crippen molar-refractivity contribution in [1.82, 2.24) is 9.88 Å². The number of fused-ring (bicyclic) bond motifs is 2. The lowest BCUT2D eigenvalue weighted by atomic mass is 10.1. The number of piperidine rings is 1. The molecular formula is C12H15FN2. The number of nitrogens with zero attached hydrogens (tertiary/aromatic N) is 2. The standard InChI is InChI=1S/C12H15FN2/c13-12-6-14-4-3-10(12)8-15-7-9-1-2-11(15)5-9/h3-4,6,9,11H,1-2,5,7-8H2. The molecule has 0 spiro atoms. The predicted octanol–water partition coefficient (Wildman–Crippen LogP) is 2.21. The SMILES string of the molecule is Fc1cnccc1CN1CC2CCC1C2. The third kappa shape index (κ3) is 1.65. The molecule has 2 aliphatic rings.